The van der Waals surface area contributed by atoms with Crippen molar-refractivity contribution >= 4 is 27.7 Å². The van der Waals surface area contributed by atoms with Crippen molar-refractivity contribution in [2.45, 2.75) is 19.3 Å². The number of nitrogens with one attached hydrogen (secondary N) is 1. The largest absolute Gasteiger partial charge is 0.306 e. The van der Waals surface area contributed by atoms with Crippen molar-refractivity contribution in [3.63, 3.8) is 0 Å². The van der Waals surface area contributed by atoms with Crippen LogP contribution >= 0.6 is 15.9 Å². The summed E-state index contributed by atoms with van der Waals surface area (Å²) in [5.74, 6) is -0.405. The first-order valence-corrected chi connectivity index (χ1v) is 8.85. The van der Waals surface area contributed by atoms with Crippen LogP contribution < -0.4 is 5.32 Å². The summed E-state index contributed by atoms with van der Waals surface area (Å²) >= 11 is 3.20. The maximum Gasteiger partial charge on any atom is 0.259 e. The van der Waals surface area contributed by atoms with Crippen LogP contribution in [0.4, 0.5) is 10.2 Å². The summed E-state index contributed by atoms with van der Waals surface area (Å²) in [6.07, 6.45) is 2.77. The van der Waals surface area contributed by atoms with E-state index in [4.69, 9.17) is 0 Å². The maximum atomic E-state index is 14.1. The number of nitrogens with zero attached hydrogens (tertiary/aromatic N) is 2. The van der Waals surface area contributed by atoms with Crippen LogP contribution in [0.1, 0.15) is 28.0 Å². The van der Waals surface area contributed by atoms with Gasteiger partial charge in [0.2, 0.25) is 0 Å². The molecule has 0 atom stereocenters. The molecule has 0 aliphatic heterocycles. The predicted octanol–water partition coefficient (Wildman–Crippen LogP) is 4.51. The number of para-hydroxylation sites is 1. The molecule has 1 N–H and O–H groups in total. The third-order valence-corrected chi connectivity index (χ3v) is 4.81. The normalized spacial score (nSPS) is 12.9. The van der Waals surface area contributed by atoms with Crippen LogP contribution in [0.5, 0.6) is 0 Å². The third kappa shape index (κ3) is 2.98. The molecule has 4 rings (SSSR count). The number of fused-ring (bicyclic) bond motifs is 1. The van der Waals surface area contributed by atoms with Gasteiger partial charge in [-0.2, -0.15) is 5.10 Å². The fourth-order valence-corrected chi connectivity index (χ4v) is 3.46. The van der Waals surface area contributed by atoms with Gasteiger partial charge < -0.3 is 5.32 Å². The fourth-order valence-electron chi connectivity index (χ4n) is 3.12. The zero-order chi connectivity index (χ0) is 17.4. The molecule has 1 amide bonds. The highest BCUT2D eigenvalue weighted by Gasteiger charge is 2.25. The summed E-state index contributed by atoms with van der Waals surface area (Å²) in [5.41, 5.74) is 2.91. The quantitative estimate of drug-likeness (QED) is 0.703. The van der Waals surface area contributed by atoms with Crippen molar-refractivity contribution in [3.8, 4) is 5.69 Å². The number of rotatable bonds is 3. The molecule has 2 aromatic carbocycles. The Hall–Kier alpha value is -2.47. The SMILES string of the molecule is O=C(Nc1c2c(nn1-c1ccccc1)CCC2)c1ccc(Br)cc1F. The topological polar surface area (TPSA) is 46.9 Å². The summed E-state index contributed by atoms with van der Waals surface area (Å²) in [7, 11) is 0. The lowest BCUT2D eigenvalue weighted by Gasteiger charge is -2.11. The first-order chi connectivity index (χ1) is 12.1. The number of carbonyl (C=O) groups is 1. The Morgan fingerprint density at radius 3 is 2.72 bits per heavy atom. The van der Waals surface area contributed by atoms with E-state index in [9.17, 15) is 9.18 Å². The average Bonchev–Trinajstić information content (AvgIpc) is 3.18. The number of carbonyl (C=O) groups excluding carboxylic acids is 1. The number of anilines is 1. The molecule has 126 valence electrons. The van der Waals surface area contributed by atoms with E-state index in [1.54, 1.807) is 10.7 Å². The van der Waals surface area contributed by atoms with Gasteiger partial charge in [-0.05, 0) is 49.6 Å². The van der Waals surface area contributed by atoms with Crippen molar-refractivity contribution in [2.75, 3.05) is 5.32 Å². The minimum absolute atomic E-state index is 0.00996. The molecule has 1 heterocycles. The van der Waals surface area contributed by atoms with E-state index >= 15 is 0 Å². The summed E-state index contributed by atoms with van der Waals surface area (Å²) in [6.45, 7) is 0. The van der Waals surface area contributed by atoms with Gasteiger partial charge >= 0.3 is 0 Å². The van der Waals surface area contributed by atoms with Gasteiger partial charge in [0.05, 0.1) is 16.9 Å². The minimum Gasteiger partial charge on any atom is -0.306 e. The molecule has 0 fully saturated rings. The standard InChI is InChI=1S/C19H15BrFN3O/c20-12-9-10-14(16(21)11-12)19(25)22-18-15-7-4-8-17(15)23-24(18)13-5-2-1-3-6-13/h1-3,5-6,9-11H,4,7-8H2,(H,22,25). The molecule has 1 aromatic heterocycles. The van der Waals surface area contributed by atoms with Gasteiger partial charge in [-0.25, -0.2) is 9.07 Å². The second kappa shape index (κ2) is 6.44. The molecule has 6 heteroatoms. The average molecular weight is 400 g/mol. The van der Waals surface area contributed by atoms with E-state index in [-0.39, 0.29) is 5.56 Å². The molecule has 1 aliphatic rings. The highest BCUT2D eigenvalue weighted by atomic mass is 79.9. The molecule has 0 saturated heterocycles. The van der Waals surface area contributed by atoms with Crippen molar-refractivity contribution in [1.29, 1.82) is 0 Å². The lowest BCUT2D eigenvalue weighted by atomic mass is 10.2. The number of aromatic nitrogens is 2. The number of hydrogen-bond donors (Lipinski definition) is 1. The Morgan fingerprint density at radius 1 is 1.16 bits per heavy atom. The number of benzene rings is 2. The second-order valence-electron chi connectivity index (χ2n) is 5.95. The van der Waals surface area contributed by atoms with Crippen LogP contribution in [0.2, 0.25) is 0 Å². The molecule has 0 saturated carbocycles. The second-order valence-corrected chi connectivity index (χ2v) is 6.87. The molecular formula is C19H15BrFN3O. The Bertz CT molecular complexity index is 953. The molecule has 4 nitrogen and oxygen atoms in total. The molecule has 1 aliphatic carbocycles. The first kappa shape index (κ1) is 16.0. The van der Waals surface area contributed by atoms with E-state index in [2.05, 4.69) is 26.3 Å². The van der Waals surface area contributed by atoms with E-state index in [0.29, 0.717) is 10.3 Å². The van der Waals surface area contributed by atoms with Crippen molar-refractivity contribution in [1.82, 2.24) is 9.78 Å². The zero-order valence-electron chi connectivity index (χ0n) is 13.3. The Morgan fingerprint density at radius 2 is 1.96 bits per heavy atom. The van der Waals surface area contributed by atoms with Crippen molar-refractivity contribution in [3.05, 3.63) is 75.6 Å². The van der Waals surface area contributed by atoms with E-state index in [1.807, 2.05) is 30.3 Å². The zero-order valence-corrected chi connectivity index (χ0v) is 14.9. The summed E-state index contributed by atoms with van der Waals surface area (Å²) in [5, 5.41) is 7.52. The van der Waals surface area contributed by atoms with Crippen LogP contribution in [-0.2, 0) is 12.8 Å². The molecule has 0 unspecified atom stereocenters. The van der Waals surface area contributed by atoms with Gasteiger partial charge in [-0.3, -0.25) is 4.79 Å². The lowest BCUT2D eigenvalue weighted by molar-refractivity contribution is 0.102. The lowest BCUT2D eigenvalue weighted by Crippen LogP contribution is -2.17. The van der Waals surface area contributed by atoms with Crippen LogP contribution in [0, 0.1) is 5.82 Å². The molecule has 0 spiro atoms. The van der Waals surface area contributed by atoms with Crippen LogP contribution in [0.3, 0.4) is 0 Å². The minimum atomic E-state index is -0.561. The maximum absolute atomic E-state index is 14.1. The molecule has 0 bridgehead atoms. The highest BCUT2D eigenvalue weighted by Crippen LogP contribution is 2.31. The third-order valence-electron chi connectivity index (χ3n) is 4.32. The fraction of sp³-hybridized carbons (Fsp3) is 0.158. The number of aryl methyl sites for hydroxylation is 1. The predicted molar refractivity (Wildman–Crippen MR) is 97.6 cm³/mol. The number of amides is 1. The summed E-state index contributed by atoms with van der Waals surface area (Å²) < 4.78 is 16.4. The molecule has 25 heavy (non-hydrogen) atoms. The smallest absolute Gasteiger partial charge is 0.259 e. The van der Waals surface area contributed by atoms with Gasteiger partial charge in [0.15, 0.2) is 0 Å². The van der Waals surface area contributed by atoms with E-state index in [1.165, 1.54) is 12.1 Å². The van der Waals surface area contributed by atoms with Crippen molar-refractivity contribution < 1.29 is 9.18 Å². The number of hydrogen-bond acceptors (Lipinski definition) is 2. The Labute approximate surface area is 152 Å². The first-order valence-electron chi connectivity index (χ1n) is 8.06. The van der Waals surface area contributed by atoms with Gasteiger partial charge in [-0.1, -0.05) is 34.1 Å². The summed E-state index contributed by atoms with van der Waals surface area (Å²) in [4.78, 5) is 12.6. The van der Waals surface area contributed by atoms with Gasteiger partial charge in [-0.15, -0.1) is 0 Å². The Kier molecular flexibility index (Phi) is 4.13. The molecule has 3 aromatic rings. The van der Waals surface area contributed by atoms with Crippen LogP contribution in [-0.4, -0.2) is 15.7 Å². The number of halogens is 2. The highest BCUT2D eigenvalue weighted by molar-refractivity contribution is 9.10. The van der Waals surface area contributed by atoms with Gasteiger partial charge in [0.25, 0.3) is 5.91 Å². The Balaban J connectivity index is 1.74. The van der Waals surface area contributed by atoms with Crippen molar-refractivity contribution in [2.24, 2.45) is 0 Å². The van der Waals surface area contributed by atoms with Gasteiger partial charge in [0.1, 0.15) is 11.6 Å². The van der Waals surface area contributed by atoms with E-state index in [0.717, 1.165) is 36.2 Å². The monoisotopic (exact) mass is 399 g/mol. The molecular weight excluding hydrogens is 385 g/mol. The molecule has 0 radical (unpaired) electrons. The van der Waals surface area contributed by atoms with Crippen LogP contribution in [0.15, 0.2) is 53.0 Å². The summed E-state index contributed by atoms with van der Waals surface area (Å²) in [6, 6.07) is 14.0. The van der Waals surface area contributed by atoms with Crippen LogP contribution in [0.25, 0.3) is 5.69 Å². The van der Waals surface area contributed by atoms with E-state index < -0.39 is 11.7 Å². The van der Waals surface area contributed by atoms with Gasteiger partial charge in [0, 0.05) is 10.0 Å².